The number of hydrogen-bond acceptors (Lipinski definition) is 3. The third-order valence-corrected chi connectivity index (χ3v) is 3.55. The van der Waals surface area contributed by atoms with Crippen LogP contribution in [0, 0.1) is 6.92 Å². The molecule has 0 aliphatic carbocycles. The van der Waals surface area contributed by atoms with Crippen molar-refractivity contribution in [3.63, 3.8) is 0 Å². The highest BCUT2D eigenvalue weighted by atomic mass is 16.5. The van der Waals surface area contributed by atoms with Crippen molar-refractivity contribution in [3.8, 4) is 5.75 Å². The van der Waals surface area contributed by atoms with E-state index in [9.17, 15) is 4.79 Å². The zero-order valence-corrected chi connectivity index (χ0v) is 12.0. The van der Waals surface area contributed by atoms with E-state index in [2.05, 4.69) is 4.98 Å². The second kappa shape index (κ2) is 5.40. The summed E-state index contributed by atoms with van der Waals surface area (Å²) in [5.74, 6) is 1.52. The number of nitrogens with zero attached hydrogens (tertiary/aromatic N) is 2. The van der Waals surface area contributed by atoms with E-state index in [1.165, 1.54) is 0 Å². The van der Waals surface area contributed by atoms with Gasteiger partial charge in [-0.3, -0.25) is 9.36 Å². The number of benzene rings is 2. The summed E-state index contributed by atoms with van der Waals surface area (Å²) in [5.41, 5.74) is 1.78. The molecule has 0 saturated heterocycles. The molecule has 0 N–H and O–H groups in total. The van der Waals surface area contributed by atoms with Gasteiger partial charge in [-0.15, -0.1) is 0 Å². The van der Waals surface area contributed by atoms with Crippen molar-refractivity contribution in [2.45, 2.75) is 13.5 Å². The molecule has 1 heterocycles. The lowest BCUT2D eigenvalue weighted by Gasteiger charge is -2.11. The predicted octanol–water partition coefficient (Wildman–Crippen LogP) is 2.76. The van der Waals surface area contributed by atoms with Crippen molar-refractivity contribution < 1.29 is 4.74 Å². The van der Waals surface area contributed by atoms with E-state index in [0.717, 1.165) is 22.7 Å². The molecule has 2 aromatic carbocycles. The van der Waals surface area contributed by atoms with Crippen molar-refractivity contribution >= 4 is 10.9 Å². The van der Waals surface area contributed by atoms with E-state index in [1.54, 1.807) is 11.7 Å². The molecule has 1 aromatic heterocycles. The molecule has 0 fully saturated rings. The number of aryl methyl sites for hydroxylation is 1. The maximum absolute atomic E-state index is 12.6. The standard InChI is InChI=1S/C17H16N2O2/c1-12-18-16-6-4-3-5-15(16)17(20)19(12)11-13-7-9-14(21-2)10-8-13/h3-10H,11H2,1-2H3. The first kappa shape index (κ1) is 13.4. The van der Waals surface area contributed by atoms with Gasteiger partial charge in [-0.05, 0) is 36.8 Å². The molecule has 0 radical (unpaired) electrons. The first-order valence-electron chi connectivity index (χ1n) is 6.78. The van der Waals surface area contributed by atoms with Crippen LogP contribution in [0.4, 0.5) is 0 Å². The summed E-state index contributed by atoms with van der Waals surface area (Å²) in [4.78, 5) is 17.1. The fourth-order valence-electron chi connectivity index (χ4n) is 2.38. The first-order chi connectivity index (χ1) is 10.2. The van der Waals surface area contributed by atoms with Gasteiger partial charge in [0.1, 0.15) is 11.6 Å². The number of fused-ring (bicyclic) bond motifs is 1. The van der Waals surface area contributed by atoms with E-state index in [-0.39, 0.29) is 5.56 Å². The number of aromatic nitrogens is 2. The molecule has 106 valence electrons. The molecule has 3 aromatic rings. The molecular weight excluding hydrogens is 264 g/mol. The van der Waals surface area contributed by atoms with E-state index in [1.807, 2.05) is 55.5 Å². The minimum atomic E-state index is -0.00563. The Labute approximate surface area is 122 Å². The van der Waals surface area contributed by atoms with Crippen LogP contribution >= 0.6 is 0 Å². The van der Waals surface area contributed by atoms with Crippen LogP contribution in [0.5, 0.6) is 5.75 Å². The van der Waals surface area contributed by atoms with Gasteiger partial charge in [-0.2, -0.15) is 0 Å². The second-order valence-electron chi connectivity index (χ2n) is 4.92. The Morgan fingerprint density at radius 2 is 1.81 bits per heavy atom. The molecule has 0 unspecified atom stereocenters. The van der Waals surface area contributed by atoms with E-state index in [4.69, 9.17) is 4.74 Å². The molecule has 0 spiro atoms. The highest BCUT2D eigenvalue weighted by Gasteiger charge is 2.08. The van der Waals surface area contributed by atoms with Crippen molar-refractivity contribution in [2.75, 3.05) is 7.11 Å². The molecule has 0 amide bonds. The maximum Gasteiger partial charge on any atom is 0.261 e. The van der Waals surface area contributed by atoms with Gasteiger partial charge in [-0.25, -0.2) is 4.98 Å². The van der Waals surface area contributed by atoms with E-state index in [0.29, 0.717) is 11.9 Å². The lowest BCUT2D eigenvalue weighted by atomic mass is 10.2. The Morgan fingerprint density at radius 3 is 2.52 bits per heavy atom. The van der Waals surface area contributed by atoms with Crippen LogP contribution in [-0.4, -0.2) is 16.7 Å². The summed E-state index contributed by atoms with van der Waals surface area (Å²) in [6.07, 6.45) is 0. The van der Waals surface area contributed by atoms with Crippen molar-refractivity contribution in [1.29, 1.82) is 0 Å². The summed E-state index contributed by atoms with van der Waals surface area (Å²) < 4.78 is 6.84. The molecule has 3 rings (SSSR count). The third-order valence-electron chi connectivity index (χ3n) is 3.55. The molecule has 21 heavy (non-hydrogen) atoms. The summed E-state index contributed by atoms with van der Waals surface area (Å²) in [7, 11) is 1.64. The maximum atomic E-state index is 12.6. The predicted molar refractivity (Wildman–Crippen MR) is 82.8 cm³/mol. The van der Waals surface area contributed by atoms with Crippen LogP contribution in [-0.2, 0) is 6.54 Å². The Kier molecular flexibility index (Phi) is 3.44. The smallest absolute Gasteiger partial charge is 0.261 e. The van der Waals surface area contributed by atoms with Crippen molar-refractivity contribution in [2.24, 2.45) is 0 Å². The lowest BCUT2D eigenvalue weighted by Crippen LogP contribution is -2.24. The average molecular weight is 280 g/mol. The van der Waals surface area contributed by atoms with E-state index >= 15 is 0 Å². The molecule has 0 atom stereocenters. The highest BCUT2D eigenvalue weighted by molar-refractivity contribution is 5.77. The van der Waals surface area contributed by atoms with Gasteiger partial charge in [0, 0.05) is 0 Å². The molecule has 0 aliphatic rings. The van der Waals surface area contributed by atoms with Crippen molar-refractivity contribution in [3.05, 3.63) is 70.3 Å². The summed E-state index contributed by atoms with van der Waals surface area (Å²) in [6.45, 7) is 2.36. The summed E-state index contributed by atoms with van der Waals surface area (Å²) in [6, 6.07) is 15.1. The Balaban J connectivity index is 2.05. The van der Waals surface area contributed by atoms with Gasteiger partial charge in [0.05, 0.1) is 24.6 Å². The number of methoxy groups -OCH3 is 1. The quantitative estimate of drug-likeness (QED) is 0.741. The number of hydrogen-bond donors (Lipinski definition) is 0. The summed E-state index contributed by atoms with van der Waals surface area (Å²) in [5, 5.41) is 0.650. The van der Waals surface area contributed by atoms with Crippen LogP contribution in [0.2, 0.25) is 0 Å². The molecule has 0 aliphatic heterocycles. The molecule has 0 bridgehead atoms. The Hall–Kier alpha value is -2.62. The highest BCUT2D eigenvalue weighted by Crippen LogP contribution is 2.13. The fraction of sp³-hybridized carbons (Fsp3) is 0.176. The fourth-order valence-corrected chi connectivity index (χ4v) is 2.38. The number of rotatable bonds is 3. The monoisotopic (exact) mass is 280 g/mol. The second-order valence-corrected chi connectivity index (χ2v) is 4.92. The van der Waals surface area contributed by atoms with Crippen LogP contribution < -0.4 is 10.3 Å². The zero-order chi connectivity index (χ0) is 14.8. The molecule has 4 nitrogen and oxygen atoms in total. The van der Waals surface area contributed by atoms with Gasteiger partial charge >= 0.3 is 0 Å². The molecule has 4 heteroatoms. The van der Waals surface area contributed by atoms with Crippen LogP contribution in [0.3, 0.4) is 0 Å². The van der Waals surface area contributed by atoms with Gasteiger partial charge in [-0.1, -0.05) is 24.3 Å². The topological polar surface area (TPSA) is 44.1 Å². The Morgan fingerprint density at radius 1 is 1.10 bits per heavy atom. The number of para-hydroxylation sites is 1. The molecule has 0 saturated carbocycles. The normalized spacial score (nSPS) is 10.8. The first-order valence-corrected chi connectivity index (χ1v) is 6.78. The Bertz CT molecular complexity index is 836. The van der Waals surface area contributed by atoms with Gasteiger partial charge in [0.25, 0.3) is 5.56 Å². The van der Waals surface area contributed by atoms with Gasteiger partial charge in [0.15, 0.2) is 0 Å². The van der Waals surface area contributed by atoms with Crippen LogP contribution in [0.15, 0.2) is 53.3 Å². The zero-order valence-electron chi connectivity index (χ0n) is 12.0. The third kappa shape index (κ3) is 2.52. The SMILES string of the molecule is COc1ccc(Cn2c(C)nc3ccccc3c2=O)cc1. The molecular formula is C17H16N2O2. The summed E-state index contributed by atoms with van der Waals surface area (Å²) >= 11 is 0. The average Bonchev–Trinajstić information content (AvgIpc) is 2.52. The lowest BCUT2D eigenvalue weighted by molar-refractivity contribution is 0.414. The van der Waals surface area contributed by atoms with Gasteiger partial charge < -0.3 is 4.74 Å². The number of ether oxygens (including phenoxy) is 1. The minimum absolute atomic E-state index is 0.00563. The van der Waals surface area contributed by atoms with Crippen LogP contribution in [0.1, 0.15) is 11.4 Å². The minimum Gasteiger partial charge on any atom is -0.497 e. The van der Waals surface area contributed by atoms with Crippen LogP contribution in [0.25, 0.3) is 10.9 Å². The van der Waals surface area contributed by atoms with Gasteiger partial charge in [0.2, 0.25) is 0 Å². The van der Waals surface area contributed by atoms with E-state index < -0.39 is 0 Å². The van der Waals surface area contributed by atoms with Crippen molar-refractivity contribution in [1.82, 2.24) is 9.55 Å². The largest absolute Gasteiger partial charge is 0.497 e.